The summed E-state index contributed by atoms with van der Waals surface area (Å²) in [4.78, 5) is 39.2. The largest absolute Gasteiger partial charge is 0.463 e. The van der Waals surface area contributed by atoms with Crippen molar-refractivity contribution in [3.05, 3.63) is 0 Å². The summed E-state index contributed by atoms with van der Waals surface area (Å²) < 4.78 is 18.2. The van der Waals surface area contributed by atoms with Crippen molar-refractivity contribution in [2.24, 2.45) is 52.3 Å². The Morgan fingerprint density at radius 2 is 1.83 bits per heavy atom. The number of fused-ring (bicyclic) bond motifs is 7. The third kappa shape index (κ3) is 3.24. The van der Waals surface area contributed by atoms with Gasteiger partial charge in [-0.1, -0.05) is 27.7 Å². The van der Waals surface area contributed by atoms with Crippen LogP contribution in [-0.2, 0) is 28.6 Å². The molecule has 194 valence electrons. The molecule has 0 bridgehead atoms. The van der Waals surface area contributed by atoms with Crippen LogP contribution >= 0.6 is 0 Å². The van der Waals surface area contributed by atoms with Gasteiger partial charge >= 0.3 is 5.97 Å². The Bertz CT molecular complexity index is 945. The van der Waals surface area contributed by atoms with E-state index in [-0.39, 0.29) is 47.1 Å². The van der Waals surface area contributed by atoms with Crippen molar-refractivity contribution in [1.82, 2.24) is 0 Å². The number of esters is 1. The fraction of sp³-hybridized carbons (Fsp3) is 0.897. The fourth-order valence-corrected chi connectivity index (χ4v) is 10.2. The van der Waals surface area contributed by atoms with Crippen LogP contribution in [0.5, 0.6) is 0 Å². The molecule has 6 aliphatic rings. The van der Waals surface area contributed by atoms with E-state index < -0.39 is 11.2 Å². The van der Waals surface area contributed by atoms with E-state index in [9.17, 15) is 14.4 Å². The Morgan fingerprint density at radius 1 is 1.06 bits per heavy atom. The van der Waals surface area contributed by atoms with Gasteiger partial charge in [0.25, 0.3) is 0 Å². The van der Waals surface area contributed by atoms with Crippen LogP contribution in [0.1, 0.15) is 86.0 Å². The highest BCUT2D eigenvalue weighted by Gasteiger charge is 2.71. The highest BCUT2D eigenvalue weighted by molar-refractivity contribution is 5.92. The molecule has 6 heteroatoms. The van der Waals surface area contributed by atoms with Gasteiger partial charge in [0.15, 0.2) is 5.78 Å². The monoisotopic (exact) mass is 486 g/mol. The molecular weight excluding hydrogens is 444 g/mol. The number of carbonyl (C=O) groups excluding carboxylic acids is 3. The zero-order valence-corrected chi connectivity index (χ0v) is 22.0. The summed E-state index contributed by atoms with van der Waals surface area (Å²) in [5.41, 5.74) is -0.386. The van der Waals surface area contributed by atoms with Crippen molar-refractivity contribution in [1.29, 1.82) is 0 Å². The maximum atomic E-state index is 14.1. The van der Waals surface area contributed by atoms with Gasteiger partial charge in [0.2, 0.25) is 5.79 Å². The molecule has 0 aromatic rings. The second kappa shape index (κ2) is 7.86. The number of ketones is 2. The smallest absolute Gasteiger partial charge is 0.302 e. The second-order valence-corrected chi connectivity index (χ2v) is 13.5. The van der Waals surface area contributed by atoms with E-state index in [1.165, 1.54) is 6.92 Å². The van der Waals surface area contributed by atoms with Crippen molar-refractivity contribution in [2.75, 3.05) is 6.61 Å². The average Bonchev–Trinajstić information content (AvgIpc) is 3.31. The lowest BCUT2D eigenvalue weighted by Crippen LogP contribution is -2.60. The summed E-state index contributed by atoms with van der Waals surface area (Å²) >= 11 is 0. The van der Waals surface area contributed by atoms with E-state index >= 15 is 0 Å². The number of rotatable bonds is 1. The SMILES string of the molecule is CC(=O)O[C@H]1CC[C@@]2(C)[C@@H](CC[C@@H]3[C@@H]2CC(=O)[C@]2(C)[C@@H]4[C@H](C[C@@H]32)O[C@]2(C[C@@H](C)CO2)C(=O)[C@H]4C)C1. The van der Waals surface area contributed by atoms with Crippen molar-refractivity contribution in [3.8, 4) is 0 Å². The summed E-state index contributed by atoms with van der Waals surface area (Å²) in [5, 5.41) is 0. The molecular formula is C29H42O6. The highest BCUT2D eigenvalue weighted by Crippen LogP contribution is 2.69. The molecule has 0 aromatic heterocycles. The number of hydrogen-bond donors (Lipinski definition) is 0. The molecule has 4 saturated carbocycles. The summed E-state index contributed by atoms with van der Waals surface area (Å²) in [7, 11) is 0. The number of Topliss-reactive ketones (excluding diaryl/α,β-unsaturated/α-hetero) is 2. The molecule has 6 fully saturated rings. The van der Waals surface area contributed by atoms with Gasteiger partial charge in [-0.2, -0.15) is 0 Å². The first-order chi connectivity index (χ1) is 16.5. The molecule has 0 amide bonds. The Morgan fingerprint density at radius 3 is 2.51 bits per heavy atom. The van der Waals surface area contributed by atoms with Crippen LogP contribution in [0, 0.1) is 52.3 Å². The number of carbonyl (C=O) groups is 3. The third-order valence-electron chi connectivity index (χ3n) is 11.8. The van der Waals surface area contributed by atoms with Crippen LogP contribution in [0.25, 0.3) is 0 Å². The lowest BCUT2D eigenvalue weighted by atomic mass is 9.44. The molecule has 35 heavy (non-hydrogen) atoms. The summed E-state index contributed by atoms with van der Waals surface area (Å²) in [6.45, 7) is 10.8. The summed E-state index contributed by atoms with van der Waals surface area (Å²) in [5.74, 6) is 0.771. The first-order valence-corrected chi connectivity index (χ1v) is 14.1. The van der Waals surface area contributed by atoms with Gasteiger partial charge in [0.1, 0.15) is 11.9 Å². The van der Waals surface area contributed by atoms with Gasteiger partial charge in [-0.05, 0) is 73.5 Å². The number of ether oxygens (including phenoxy) is 3. The minimum Gasteiger partial charge on any atom is -0.463 e. The van der Waals surface area contributed by atoms with Crippen molar-refractivity contribution in [2.45, 2.75) is 104 Å². The van der Waals surface area contributed by atoms with Crippen LogP contribution in [0.3, 0.4) is 0 Å². The Kier molecular flexibility index (Phi) is 5.41. The zero-order valence-electron chi connectivity index (χ0n) is 22.0. The maximum absolute atomic E-state index is 14.1. The lowest BCUT2D eigenvalue weighted by molar-refractivity contribution is -0.258. The van der Waals surface area contributed by atoms with Crippen LogP contribution in [0.15, 0.2) is 0 Å². The minimum absolute atomic E-state index is 0.0197. The van der Waals surface area contributed by atoms with E-state index in [4.69, 9.17) is 14.2 Å². The topological polar surface area (TPSA) is 78.9 Å². The zero-order chi connectivity index (χ0) is 24.9. The predicted molar refractivity (Wildman–Crippen MR) is 128 cm³/mol. The second-order valence-electron chi connectivity index (χ2n) is 13.5. The average molecular weight is 487 g/mol. The highest BCUT2D eigenvalue weighted by atomic mass is 16.7. The lowest BCUT2D eigenvalue weighted by Gasteiger charge is -2.60. The van der Waals surface area contributed by atoms with E-state index in [1.807, 2.05) is 6.92 Å². The molecule has 6 nitrogen and oxygen atoms in total. The predicted octanol–water partition coefficient (Wildman–Crippen LogP) is 4.72. The molecule has 2 saturated heterocycles. The molecule has 2 aliphatic heterocycles. The van der Waals surface area contributed by atoms with Crippen molar-refractivity contribution < 1.29 is 28.6 Å². The van der Waals surface area contributed by atoms with Crippen molar-refractivity contribution >= 4 is 17.5 Å². The van der Waals surface area contributed by atoms with Crippen molar-refractivity contribution in [3.63, 3.8) is 0 Å². The van der Waals surface area contributed by atoms with Gasteiger partial charge in [-0.3, -0.25) is 14.4 Å². The summed E-state index contributed by atoms with van der Waals surface area (Å²) in [6.07, 6.45) is 7.12. The molecule has 2 heterocycles. The van der Waals surface area contributed by atoms with Crippen LogP contribution in [0.2, 0.25) is 0 Å². The normalized spacial score (nSPS) is 55.2. The van der Waals surface area contributed by atoms with Crippen LogP contribution < -0.4 is 0 Å². The molecule has 6 rings (SSSR count). The quantitative estimate of drug-likeness (QED) is 0.499. The maximum Gasteiger partial charge on any atom is 0.302 e. The van der Waals surface area contributed by atoms with Gasteiger partial charge in [0.05, 0.1) is 12.7 Å². The molecule has 1 spiro atoms. The first kappa shape index (κ1) is 24.1. The molecule has 12 atom stereocenters. The van der Waals surface area contributed by atoms with Gasteiger partial charge in [0, 0.05) is 37.0 Å². The number of hydrogen-bond acceptors (Lipinski definition) is 6. The van der Waals surface area contributed by atoms with Crippen LogP contribution in [0.4, 0.5) is 0 Å². The summed E-state index contributed by atoms with van der Waals surface area (Å²) in [6, 6.07) is 0. The van der Waals surface area contributed by atoms with E-state index in [0.29, 0.717) is 48.9 Å². The molecule has 0 radical (unpaired) electrons. The third-order valence-corrected chi connectivity index (χ3v) is 11.8. The van der Waals surface area contributed by atoms with Gasteiger partial charge in [-0.15, -0.1) is 0 Å². The molecule has 0 aromatic carbocycles. The van der Waals surface area contributed by atoms with Gasteiger partial charge < -0.3 is 14.2 Å². The Balaban J connectivity index is 1.29. The Hall–Kier alpha value is -1.27. The molecule has 4 aliphatic carbocycles. The van der Waals surface area contributed by atoms with Crippen LogP contribution in [-0.4, -0.2) is 42.1 Å². The molecule has 0 N–H and O–H groups in total. The van der Waals surface area contributed by atoms with Gasteiger partial charge in [-0.25, -0.2) is 0 Å². The van der Waals surface area contributed by atoms with E-state index in [0.717, 1.165) is 38.5 Å². The van der Waals surface area contributed by atoms with E-state index in [1.54, 1.807) is 0 Å². The fourth-order valence-electron chi connectivity index (χ4n) is 10.2. The van der Waals surface area contributed by atoms with E-state index in [2.05, 4.69) is 20.8 Å². The first-order valence-electron chi connectivity index (χ1n) is 14.1. The molecule has 0 unspecified atom stereocenters. The standard InChI is InChI=1S/C29H42O6/c1-15-13-29(33-14-15)26(32)16(2)25-23(35-29)11-22-20-7-6-18-10-19(34-17(3)30)8-9-27(18,4)21(20)12-24(31)28(22,25)5/h15-16,18-23,25H,6-14H2,1-5H3/t15-,16+,18+,19+,20-,21+,22+,23+,25+,27+,28-,29-/m1/s1. The Labute approximate surface area is 209 Å². The minimum atomic E-state index is -1.09.